The van der Waals surface area contributed by atoms with E-state index in [9.17, 15) is 4.79 Å². The maximum absolute atomic E-state index is 12.4. The van der Waals surface area contributed by atoms with Crippen LogP contribution in [0, 0.1) is 6.92 Å². The summed E-state index contributed by atoms with van der Waals surface area (Å²) in [5, 5.41) is 14.1. The molecule has 0 saturated carbocycles. The van der Waals surface area contributed by atoms with Crippen LogP contribution in [0.25, 0.3) is 0 Å². The monoisotopic (exact) mass is 386 g/mol. The second-order valence-electron chi connectivity index (χ2n) is 6.18. The molecular formula is C19H22N4OS2. The zero-order valence-corrected chi connectivity index (χ0v) is 16.7. The van der Waals surface area contributed by atoms with Gasteiger partial charge in [-0.1, -0.05) is 47.7 Å². The molecule has 0 aliphatic carbocycles. The number of benzene rings is 1. The second kappa shape index (κ2) is 8.51. The quantitative estimate of drug-likeness (QED) is 0.631. The van der Waals surface area contributed by atoms with Crippen LogP contribution in [0.3, 0.4) is 0 Å². The number of thioether (sulfide) groups is 1. The van der Waals surface area contributed by atoms with Crippen molar-refractivity contribution in [3.63, 3.8) is 0 Å². The lowest BCUT2D eigenvalue weighted by Gasteiger charge is -2.12. The maximum atomic E-state index is 12.4. The molecule has 0 bridgehead atoms. The fourth-order valence-corrected chi connectivity index (χ4v) is 3.98. The number of thiophene rings is 1. The standard InChI is InChI=1S/C19H22N4OS2/c1-13-6-8-15(9-7-13)12-20-18(24)14(2)26-19-22-21-17(23(19)3)11-16-5-4-10-25-16/h4-10,14H,11-12H2,1-3H3,(H,20,24)/t14-/m0/s1. The first-order valence-corrected chi connectivity index (χ1v) is 10.2. The van der Waals surface area contributed by atoms with Crippen LogP contribution in [0.1, 0.15) is 28.8 Å². The van der Waals surface area contributed by atoms with Gasteiger partial charge in [0.2, 0.25) is 5.91 Å². The van der Waals surface area contributed by atoms with E-state index in [-0.39, 0.29) is 11.2 Å². The summed E-state index contributed by atoms with van der Waals surface area (Å²) in [6.45, 7) is 4.48. The van der Waals surface area contributed by atoms with Gasteiger partial charge >= 0.3 is 0 Å². The zero-order chi connectivity index (χ0) is 18.5. The Morgan fingerprint density at radius 1 is 1.27 bits per heavy atom. The number of aryl methyl sites for hydroxylation is 1. The summed E-state index contributed by atoms with van der Waals surface area (Å²) in [5.41, 5.74) is 2.31. The Balaban J connectivity index is 1.55. The maximum Gasteiger partial charge on any atom is 0.233 e. The van der Waals surface area contributed by atoms with E-state index in [1.807, 2.05) is 48.9 Å². The highest BCUT2D eigenvalue weighted by Gasteiger charge is 2.18. The van der Waals surface area contributed by atoms with Crippen molar-refractivity contribution in [3.05, 3.63) is 63.6 Å². The van der Waals surface area contributed by atoms with Gasteiger partial charge in [0.05, 0.1) is 5.25 Å². The minimum Gasteiger partial charge on any atom is -0.351 e. The third-order valence-electron chi connectivity index (χ3n) is 4.08. The van der Waals surface area contributed by atoms with Crippen molar-refractivity contribution in [2.24, 2.45) is 7.05 Å². The number of rotatable bonds is 7. The first-order chi connectivity index (χ1) is 12.5. The highest BCUT2D eigenvalue weighted by molar-refractivity contribution is 8.00. The molecule has 0 aliphatic heterocycles. The summed E-state index contributed by atoms with van der Waals surface area (Å²) in [5.74, 6) is 0.903. The molecule has 0 fully saturated rings. The average Bonchev–Trinajstić information content (AvgIpc) is 3.26. The normalized spacial score (nSPS) is 12.1. The molecule has 0 unspecified atom stereocenters. The molecule has 2 aromatic heterocycles. The number of carbonyl (C=O) groups excluding carboxylic acids is 1. The summed E-state index contributed by atoms with van der Waals surface area (Å²) < 4.78 is 1.97. The molecular weight excluding hydrogens is 364 g/mol. The molecule has 0 aliphatic rings. The van der Waals surface area contributed by atoms with Crippen molar-refractivity contribution in [2.75, 3.05) is 0 Å². The van der Waals surface area contributed by atoms with E-state index in [0.717, 1.165) is 23.0 Å². The molecule has 1 amide bonds. The van der Waals surface area contributed by atoms with Gasteiger partial charge in [-0.2, -0.15) is 0 Å². The SMILES string of the molecule is Cc1ccc(CNC(=O)[C@H](C)Sc2nnc(Cc3cccs3)n2C)cc1. The number of carbonyl (C=O) groups is 1. The van der Waals surface area contributed by atoms with Crippen molar-refractivity contribution in [2.45, 2.75) is 37.2 Å². The van der Waals surface area contributed by atoms with Gasteiger partial charge in [0.25, 0.3) is 0 Å². The molecule has 1 aromatic carbocycles. The smallest absolute Gasteiger partial charge is 0.233 e. The number of hydrogen-bond acceptors (Lipinski definition) is 5. The lowest BCUT2D eigenvalue weighted by molar-refractivity contribution is -0.120. The first kappa shape index (κ1) is 18.7. The summed E-state index contributed by atoms with van der Waals surface area (Å²) >= 11 is 3.14. The molecule has 5 nitrogen and oxygen atoms in total. The summed E-state index contributed by atoms with van der Waals surface area (Å²) in [7, 11) is 1.95. The summed E-state index contributed by atoms with van der Waals surface area (Å²) in [6, 6.07) is 12.3. The predicted octanol–water partition coefficient (Wildman–Crippen LogP) is 3.57. The van der Waals surface area contributed by atoms with Crippen molar-refractivity contribution in [3.8, 4) is 0 Å². The number of nitrogens with zero attached hydrogens (tertiary/aromatic N) is 3. The number of nitrogens with one attached hydrogen (secondary N) is 1. The van der Waals surface area contributed by atoms with Crippen LogP contribution >= 0.6 is 23.1 Å². The molecule has 1 N–H and O–H groups in total. The zero-order valence-electron chi connectivity index (χ0n) is 15.1. The molecule has 2 heterocycles. The largest absolute Gasteiger partial charge is 0.351 e. The van der Waals surface area contributed by atoms with Crippen LogP contribution < -0.4 is 5.32 Å². The minimum absolute atomic E-state index is 0.00150. The second-order valence-corrected chi connectivity index (χ2v) is 8.52. The Morgan fingerprint density at radius 3 is 2.73 bits per heavy atom. The van der Waals surface area contributed by atoms with Crippen molar-refractivity contribution in [1.29, 1.82) is 0 Å². The molecule has 0 saturated heterocycles. The van der Waals surface area contributed by atoms with Gasteiger partial charge in [0.15, 0.2) is 5.16 Å². The Morgan fingerprint density at radius 2 is 2.04 bits per heavy atom. The Hall–Kier alpha value is -2.12. The van der Waals surface area contributed by atoms with Crippen LogP contribution in [0.4, 0.5) is 0 Å². The van der Waals surface area contributed by atoms with Gasteiger partial charge in [0, 0.05) is 24.9 Å². The van der Waals surface area contributed by atoms with Crippen LogP contribution in [-0.4, -0.2) is 25.9 Å². The molecule has 26 heavy (non-hydrogen) atoms. The lowest BCUT2D eigenvalue weighted by Crippen LogP contribution is -2.30. The summed E-state index contributed by atoms with van der Waals surface area (Å²) in [4.78, 5) is 13.6. The van der Waals surface area contributed by atoms with Crippen molar-refractivity contribution >= 4 is 29.0 Å². The van der Waals surface area contributed by atoms with Gasteiger partial charge < -0.3 is 9.88 Å². The van der Waals surface area contributed by atoms with Gasteiger partial charge in [-0.05, 0) is 30.9 Å². The molecule has 7 heteroatoms. The highest BCUT2D eigenvalue weighted by Crippen LogP contribution is 2.23. The van der Waals surface area contributed by atoms with Crippen LogP contribution in [0.15, 0.2) is 46.9 Å². The topological polar surface area (TPSA) is 59.8 Å². The number of aromatic nitrogens is 3. The number of amides is 1. The lowest BCUT2D eigenvalue weighted by atomic mass is 10.1. The van der Waals surface area contributed by atoms with E-state index in [0.29, 0.717) is 6.54 Å². The van der Waals surface area contributed by atoms with Gasteiger partial charge in [-0.3, -0.25) is 4.79 Å². The van der Waals surface area contributed by atoms with E-state index >= 15 is 0 Å². The van der Waals surface area contributed by atoms with E-state index in [1.54, 1.807) is 11.3 Å². The van der Waals surface area contributed by atoms with Crippen LogP contribution in [-0.2, 0) is 24.8 Å². The fraction of sp³-hybridized carbons (Fsp3) is 0.316. The Bertz CT molecular complexity index is 856. The van der Waals surface area contributed by atoms with Crippen LogP contribution in [0.5, 0.6) is 0 Å². The average molecular weight is 387 g/mol. The molecule has 1 atom stereocenters. The fourth-order valence-electron chi connectivity index (χ4n) is 2.42. The minimum atomic E-state index is -0.238. The van der Waals surface area contributed by atoms with E-state index in [2.05, 4.69) is 33.9 Å². The van der Waals surface area contributed by atoms with Crippen molar-refractivity contribution in [1.82, 2.24) is 20.1 Å². The predicted molar refractivity (Wildman–Crippen MR) is 106 cm³/mol. The molecule has 0 radical (unpaired) electrons. The summed E-state index contributed by atoms with van der Waals surface area (Å²) in [6.07, 6.45) is 0.760. The van der Waals surface area contributed by atoms with Gasteiger partial charge in [-0.15, -0.1) is 21.5 Å². The van der Waals surface area contributed by atoms with Gasteiger partial charge in [-0.25, -0.2) is 0 Å². The Labute approximate surface area is 161 Å². The van der Waals surface area contributed by atoms with Crippen LogP contribution in [0.2, 0.25) is 0 Å². The van der Waals surface area contributed by atoms with Crippen molar-refractivity contribution < 1.29 is 4.79 Å². The van der Waals surface area contributed by atoms with E-state index in [1.165, 1.54) is 22.2 Å². The first-order valence-electron chi connectivity index (χ1n) is 8.43. The third kappa shape index (κ3) is 4.74. The molecule has 136 valence electrons. The number of hydrogen-bond donors (Lipinski definition) is 1. The molecule has 3 rings (SSSR count). The molecule has 0 spiro atoms. The third-order valence-corrected chi connectivity index (χ3v) is 6.09. The highest BCUT2D eigenvalue weighted by atomic mass is 32.2. The Kier molecular flexibility index (Phi) is 6.11. The van der Waals surface area contributed by atoms with E-state index in [4.69, 9.17) is 0 Å². The van der Waals surface area contributed by atoms with E-state index < -0.39 is 0 Å². The van der Waals surface area contributed by atoms with Gasteiger partial charge in [0.1, 0.15) is 5.82 Å². The molecule has 3 aromatic rings.